The zero-order valence-electron chi connectivity index (χ0n) is 10.2. The second-order valence-electron chi connectivity index (χ2n) is 4.54. The molecular weight excluding hydrogens is 236 g/mol. The van der Waals surface area contributed by atoms with E-state index >= 15 is 0 Å². The average Bonchev–Trinajstić information content (AvgIpc) is 2.62. The molecule has 3 N–H and O–H groups in total. The fourth-order valence-corrected chi connectivity index (χ4v) is 1.97. The van der Waals surface area contributed by atoms with E-state index in [9.17, 15) is 10.2 Å². The zero-order valence-corrected chi connectivity index (χ0v) is 10.2. The molecule has 100 valence electrons. The summed E-state index contributed by atoms with van der Waals surface area (Å²) in [7, 11) is 0. The van der Waals surface area contributed by atoms with Gasteiger partial charge in [-0.3, -0.25) is 0 Å². The van der Waals surface area contributed by atoms with E-state index in [1.54, 1.807) is 6.92 Å². The highest BCUT2D eigenvalue weighted by atomic mass is 16.7. The number of aliphatic hydroxyl groups is 3. The maximum atomic E-state index is 10.00. The standard InChI is InChI=1S/C13H18O5/c1-9-13(16,8-14)11(15)12(18-9)17-7-10-5-3-2-4-6-10/h2-6,9,11-12,14-16H,7-8H2,1H3/t9-,11-,12-,13+/m0/s1. The van der Waals surface area contributed by atoms with E-state index < -0.39 is 30.7 Å². The average molecular weight is 254 g/mol. The van der Waals surface area contributed by atoms with Gasteiger partial charge in [0.05, 0.1) is 19.3 Å². The lowest BCUT2D eigenvalue weighted by Gasteiger charge is -2.26. The van der Waals surface area contributed by atoms with Crippen molar-refractivity contribution in [3.63, 3.8) is 0 Å². The molecule has 0 radical (unpaired) electrons. The van der Waals surface area contributed by atoms with Gasteiger partial charge in [-0.15, -0.1) is 0 Å². The predicted molar refractivity (Wildman–Crippen MR) is 63.6 cm³/mol. The second kappa shape index (κ2) is 5.34. The zero-order chi connectivity index (χ0) is 13.2. The van der Waals surface area contributed by atoms with Gasteiger partial charge in [0, 0.05) is 0 Å². The third-order valence-electron chi connectivity index (χ3n) is 3.32. The Bertz CT molecular complexity index is 382. The maximum Gasteiger partial charge on any atom is 0.187 e. The molecule has 0 spiro atoms. The van der Waals surface area contributed by atoms with Gasteiger partial charge >= 0.3 is 0 Å². The monoisotopic (exact) mass is 254 g/mol. The van der Waals surface area contributed by atoms with Crippen LogP contribution in [0.15, 0.2) is 30.3 Å². The molecule has 0 aliphatic carbocycles. The van der Waals surface area contributed by atoms with E-state index in [1.807, 2.05) is 30.3 Å². The number of rotatable bonds is 4. The summed E-state index contributed by atoms with van der Waals surface area (Å²) in [6, 6.07) is 9.46. The van der Waals surface area contributed by atoms with Gasteiger partial charge in [0.1, 0.15) is 11.7 Å². The van der Waals surface area contributed by atoms with Crippen LogP contribution in [0.25, 0.3) is 0 Å². The second-order valence-corrected chi connectivity index (χ2v) is 4.54. The SMILES string of the molecule is C[C@@H]1O[C@H](OCc2ccccc2)[C@H](O)[C@@]1(O)CO. The molecular formula is C13H18O5. The Balaban J connectivity index is 1.96. The van der Waals surface area contributed by atoms with E-state index in [0.29, 0.717) is 0 Å². The van der Waals surface area contributed by atoms with Gasteiger partial charge in [0.2, 0.25) is 0 Å². The number of hydrogen-bond donors (Lipinski definition) is 3. The Labute approximate surface area is 106 Å². The minimum Gasteiger partial charge on any atom is -0.393 e. The van der Waals surface area contributed by atoms with E-state index in [-0.39, 0.29) is 6.61 Å². The van der Waals surface area contributed by atoms with E-state index in [1.165, 1.54) is 0 Å². The van der Waals surface area contributed by atoms with Crippen molar-refractivity contribution in [1.29, 1.82) is 0 Å². The van der Waals surface area contributed by atoms with Crippen molar-refractivity contribution in [2.24, 2.45) is 0 Å². The fraction of sp³-hybridized carbons (Fsp3) is 0.538. The number of aliphatic hydroxyl groups excluding tert-OH is 2. The summed E-state index contributed by atoms with van der Waals surface area (Å²) in [5.74, 6) is 0. The van der Waals surface area contributed by atoms with E-state index in [2.05, 4.69) is 0 Å². The fourth-order valence-electron chi connectivity index (χ4n) is 1.97. The Hall–Kier alpha value is -0.980. The lowest BCUT2D eigenvalue weighted by atomic mass is 9.95. The van der Waals surface area contributed by atoms with Gasteiger partial charge in [-0.25, -0.2) is 0 Å². The Morgan fingerprint density at radius 1 is 1.33 bits per heavy atom. The molecule has 5 nitrogen and oxygen atoms in total. The van der Waals surface area contributed by atoms with Crippen molar-refractivity contribution in [1.82, 2.24) is 0 Å². The quantitative estimate of drug-likeness (QED) is 0.706. The van der Waals surface area contributed by atoms with Crippen LogP contribution in [-0.4, -0.2) is 46.0 Å². The van der Waals surface area contributed by atoms with Crippen LogP contribution in [0.1, 0.15) is 12.5 Å². The minimum absolute atomic E-state index is 0.275. The lowest BCUT2D eigenvalue weighted by molar-refractivity contribution is -0.172. The molecule has 0 bridgehead atoms. The van der Waals surface area contributed by atoms with E-state index in [4.69, 9.17) is 14.6 Å². The van der Waals surface area contributed by atoms with E-state index in [0.717, 1.165) is 5.56 Å². The molecule has 18 heavy (non-hydrogen) atoms. The summed E-state index contributed by atoms with van der Waals surface area (Å²) in [5, 5.41) is 29.0. The summed E-state index contributed by atoms with van der Waals surface area (Å²) >= 11 is 0. The number of ether oxygens (including phenoxy) is 2. The largest absolute Gasteiger partial charge is 0.393 e. The van der Waals surface area contributed by atoms with Crippen LogP contribution in [0.2, 0.25) is 0 Å². The molecule has 1 fully saturated rings. The van der Waals surface area contributed by atoms with Crippen molar-refractivity contribution in [2.45, 2.75) is 37.6 Å². The molecule has 1 aromatic rings. The third-order valence-corrected chi connectivity index (χ3v) is 3.32. The van der Waals surface area contributed by atoms with Crippen LogP contribution >= 0.6 is 0 Å². The summed E-state index contributed by atoms with van der Waals surface area (Å²) in [4.78, 5) is 0. The first-order chi connectivity index (χ1) is 8.58. The van der Waals surface area contributed by atoms with Gasteiger partial charge in [0.25, 0.3) is 0 Å². The molecule has 4 atom stereocenters. The van der Waals surface area contributed by atoms with Gasteiger partial charge in [-0.2, -0.15) is 0 Å². The molecule has 1 aromatic carbocycles. The van der Waals surface area contributed by atoms with Crippen LogP contribution in [0, 0.1) is 0 Å². The first-order valence-electron chi connectivity index (χ1n) is 5.90. The summed E-state index contributed by atoms with van der Waals surface area (Å²) in [6.45, 7) is 1.29. The van der Waals surface area contributed by atoms with Crippen LogP contribution < -0.4 is 0 Å². The van der Waals surface area contributed by atoms with Crippen LogP contribution in [-0.2, 0) is 16.1 Å². The molecule has 1 saturated heterocycles. The number of benzene rings is 1. The molecule has 0 aromatic heterocycles. The van der Waals surface area contributed by atoms with Crippen molar-refractivity contribution >= 4 is 0 Å². The first kappa shape index (κ1) is 13.5. The molecule has 1 aliphatic heterocycles. The van der Waals surface area contributed by atoms with Crippen LogP contribution in [0.3, 0.4) is 0 Å². The summed E-state index contributed by atoms with van der Waals surface area (Å²) < 4.78 is 10.7. The topological polar surface area (TPSA) is 79.2 Å². The van der Waals surface area contributed by atoms with Crippen molar-refractivity contribution in [3.8, 4) is 0 Å². The molecule has 1 heterocycles. The molecule has 0 saturated carbocycles. The molecule has 5 heteroatoms. The molecule has 0 amide bonds. The summed E-state index contributed by atoms with van der Waals surface area (Å²) in [5.41, 5.74) is -0.721. The van der Waals surface area contributed by atoms with Crippen molar-refractivity contribution in [2.75, 3.05) is 6.61 Å². The molecule has 1 aliphatic rings. The number of hydrogen-bond acceptors (Lipinski definition) is 5. The molecule has 0 unspecified atom stereocenters. The lowest BCUT2D eigenvalue weighted by Crippen LogP contribution is -2.50. The third kappa shape index (κ3) is 2.41. The van der Waals surface area contributed by atoms with Gasteiger partial charge in [0.15, 0.2) is 6.29 Å². The smallest absolute Gasteiger partial charge is 0.187 e. The van der Waals surface area contributed by atoms with Gasteiger partial charge in [-0.05, 0) is 12.5 Å². The predicted octanol–water partition coefficient (Wildman–Crippen LogP) is 0.0323. The van der Waals surface area contributed by atoms with Gasteiger partial charge in [-0.1, -0.05) is 30.3 Å². The Kier molecular flexibility index (Phi) is 3.99. The minimum atomic E-state index is -1.67. The van der Waals surface area contributed by atoms with Crippen molar-refractivity contribution in [3.05, 3.63) is 35.9 Å². The first-order valence-corrected chi connectivity index (χ1v) is 5.90. The van der Waals surface area contributed by atoms with Crippen LogP contribution in [0.5, 0.6) is 0 Å². The normalized spacial score (nSPS) is 35.9. The summed E-state index contributed by atoms with van der Waals surface area (Å²) in [6.07, 6.45) is -2.88. The van der Waals surface area contributed by atoms with Gasteiger partial charge < -0.3 is 24.8 Å². The van der Waals surface area contributed by atoms with Crippen LogP contribution in [0.4, 0.5) is 0 Å². The Morgan fingerprint density at radius 3 is 2.56 bits per heavy atom. The highest BCUT2D eigenvalue weighted by Gasteiger charge is 2.53. The highest BCUT2D eigenvalue weighted by Crippen LogP contribution is 2.31. The van der Waals surface area contributed by atoms with Crippen molar-refractivity contribution < 1.29 is 24.8 Å². The maximum absolute atomic E-state index is 10.00. The Morgan fingerprint density at radius 2 is 2.00 bits per heavy atom. The molecule has 2 rings (SSSR count). The highest BCUT2D eigenvalue weighted by molar-refractivity contribution is 5.13.